The molecule has 146 valence electrons. The minimum Gasteiger partial charge on any atom is -0.493 e. The highest BCUT2D eigenvalue weighted by atomic mass is 32.2. The van der Waals surface area contributed by atoms with Crippen LogP contribution in [0.25, 0.3) is 0 Å². The molecule has 2 N–H and O–H groups in total. The van der Waals surface area contributed by atoms with Crippen molar-refractivity contribution in [1.82, 2.24) is 9.97 Å². The predicted molar refractivity (Wildman–Crippen MR) is 104 cm³/mol. The molecule has 27 heavy (non-hydrogen) atoms. The molecule has 3 rings (SSSR count). The van der Waals surface area contributed by atoms with Crippen molar-refractivity contribution in [2.24, 2.45) is 0 Å². The Labute approximate surface area is 159 Å². The SMILES string of the molecule is COc1ccc(CCNc2nccc(NC3CCS(=O)(=O)C3)n2)cc1OC. The van der Waals surface area contributed by atoms with Gasteiger partial charge in [0.2, 0.25) is 5.95 Å². The maximum absolute atomic E-state index is 11.6. The molecule has 1 aliphatic heterocycles. The van der Waals surface area contributed by atoms with Crippen molar-refractivity contribution < 1.29 is 17.9 Å². The first-order valence-electron chi connectivity index (χ1n) is 8.74. The van der Waals surface area contributed by atoms with Crippen molar-refractivity contribution in [3.63, 3.8) is 0 Å². The minimum atomic E-state index is -2.92. The fourth-order valence-electron chi connectivity index (χ4n) is 3.00. The molecule has 8 nitrogen and oxygen atoms in total. The number of hydrogen-bond acceptors (Lipinski definition) is 8. The highest BCUT2D eigenvalue weighted by Gasteiger charge is 2.27. The Bertz CT molecular complexity index is 889. The van der Waals surface area contributed by atoms with Crippen LogP contribution in [-0.2, 0) is 16.3 Å². The van der Waals surface area contributed by atoms with E-state index in [1.54, 1.807) is 26.5 Å². The van der Waals surface area contributed by atoms with E-state index in [-0.39, 0.29) is 17.5 Å². The van der Waals surface area contributed by atoms with Crippen molar-refractivity contribution in [2.75, 3.05) is 42.9 Å². The van der Waals surface area contributed by atoms with Gasteiger partial charge in [0, 0.05) is 18.8 Å². The second-order valence-electron chi connectivity index (χ2n) is 6.38. The lowest BCUT2D eigenvalue weighted by molar-refractivity contribution is 0.354. The average molecular weight is 392 g/mol. The van der Waals surface area contributed by atoms with Crippen molar-refractivity contribution in [2.45, 2.75) is 18.9 Å². The topological polar surface area (TPSA) is 102 Å². The number of aromatic nitrogens is 2. The molecule has 1 unspecified atom stereocenters. The number of benzene rings is 1. The zero-order valence-corrected chi connectivity index (χ0v) is 16.3. The summed E-state index contributed by atoms with van der Waals surface area (Å²) in [5, 5.41) is 6.36. The summed E-state index contributed by atoms with van der Waals surface area (Å²) in [5.74, 6) is 2.90. The largest absolute Gasteiger partial charge is 0.493 e. The second kappa shape index (κ2) is 8.43. The summed E-state index contributed by atoms with van der Waals surface area (Å²) >= 11 is 0. The molecule has 1 aromatic heterocycles. The maximum Gasteiger partial charge on any atom is 0.224 e. The zero-order chi connectivity index (χ0) is 19.3. The van der Waals surface area contributed by atoms with Gasteiger partial charge in [-0.1, -0.05) is 6.07 Å². The van der Waals surface area contributed by atoms with Crippen LogP contribution < -0.4 is 20.1 Å². The van der Waals surface area contributed by atoms with Crippen LogP contribution in [0, 0.1) is 0 Å². The molecule has 1 atom stereocenters. The summed E-state index contributed by atoms with van der Waals surface area (Å²) in [6.45, 7) is 0.650. The summed E-state index contributed by atoms with van der Waals surface area (Å²) in [6.07, 6.45) is 3.02. The van der Waals surface area contributed by atoms with E-state index in [0.717, 1.165) is 12.0 Å². The van der Waals surface area contributed by atoms with Gasteiger partial charge in [-0.2, -0.15) is 4.98 Å². The van der Waals surface area contributed by atoms with E-state index in [1.165, 1.54) is 0 Å². The monoisotopic (exact) mass is 392 g/mol. The van der Waals surface area contributed by atoms with E-state index < -0.39 is 9.84 Å². The molecule has 2 aromatic rings. The number of anilines is 2. The second-order valence-corrected chi connectivity index (χ2v) is 8.60. The van der Waals surface area contributed by atoms with Gasteiger partial charge in [0.1, 0.15) is 5.82 Å². The van der Waals surface area contributed by atoms with Gasteiger partial charge >= 0.3 is 0 Å². The number of methoxy groups -OCH3 is 2. The Morgan fingerprint density at radius 1 is 1.19 bits per heavy atom. The first-order valence-corrected chi connectivity index (χ1v) is 10.6. The van der Waals surface area contributed by atoms with Crippen molar-refractivity contribution in [3.8, 4) is 11.5 Å². The van der Waals surface area contributed by atoms with Gasteiger partial charge in [-0.05, 0) is 36.6 Å². The molecule has 2 heterocycles. The molecular weight excluding hydrogens is 368 g/mol. The number of nitrogens with zero attached hydrogens (tertiary/aromatic N) is 2. The molecule has 1 aliphatic rings. The fourth-order valence-corrected chi connectivity index (χ4v) is 4.67. The Balaban J connectivity index is 1.54. The lowest BCUT2D eigenvalue weighted by Crippen LogP contribution is -2.21. The standard InChI is InChI=1S/C18H24N4O4S/c1-25-15-4-3-13(11-16(15)26-2)5-8-19-18-20-9-6-17(22-18)21-14-7-10-27(23,24)12-14/h3-4,6,9,11,14H,5,7-8,10,12H2,1-2H3,(H2,19,20,21,22). The first kappa shape index (κ1) is 19.2. The van der Waals surface area contributed by atoms with Crippen LogP contribution in [-0.4, -0.2) is 56.7 Å². The summed E-state index contributed by atoms with van der Waals surface area (Å²) < 4.78 is 33.7. The Kier molecular flexibility index (Phi) is 6.00. The Morgan fingerprint density at radius 2 is 2.00 bits per heavy atom. The van der Waals surface area contributed by atoms with Crippen molar-refractivity contribution in [3.05, 3.63) is 36.0 Å². The third kappa shape index (κ3) is 5.22. The summed E-state index contributed by atoms with van der Waals surface area (Å²) in [7, 11) is 0.300. The van der Waals surface area contributed by atoms with Crippen LogP contribution in [0.15, 0.2) is 30.5 Å². The van der Waals surface area contributed by atoms with E-state index in [4.69, 9.17) is 9.47 Å². The van der Waals surface area contributed by atoms with Crippen molar-refractivity contribution >= 4 is 21.6 Å². The number of sulfone groups is 1. The van der Waals surface area contributed by atoms with Crippen LogP contribution in [0.2, 0.25) is 0 Å². The average Bonchev–Trinajstić information content (AvgIpc) is 3.00. The molecule has 0 aliphatic carbocycles. The highest BCUT2D eigenvalue weighted by molar-refractivity contribution is 7.91. The van der Waals surface area contributed by atoms with E-state index in [2.05, 4.69) is 20.6 Å². The van der Waals surface area contributed by atoms with Gasteiger partial charge in [-0.15, -0.1) is 0 Å². The molecule has 0 saturated carbocycles. The molecule has 0 amide bonds. The highest BCUT2D eigenvalue weighted by Crippen LogP contribution is 2.27. The van der Waals surface area contributed by atoms with Crippen molar-refractivity contribution in [1.29, 1.82) is 0 Å². The molecular formula is C18H24N4O4S. The normalized spacial score (nSPS) is 18.1. The maximum atomic E-state index is 11.6. The summed E-state index contributed by atoms with van der Waals surface area (Å²) in [5.41, 5.74) is 1.10. The van der Waals surface area contributed by atoms with Gasteiger partial charge in [-0.25, -0.2) is 13.4 Å². The molecule has 0 spiro atoms. The lowest BCUT2D eigenvalue weighted by Gasteiger charge is -2.13. The van der Waals surface area contributed by atoms with Gasteiger partial charge < -0.3 is 20.1 Å². The lowest BCUT2D eigenvalue weighted by atomic mass is 10.1. The van der Waals surface area contributed by atoms with Gasteiger partial charge in [-0.3, -0.25) is 0 Å². The zero-order valence-electron chi connectivity index (χ0n) is 15.4. The fraction of sp³-hybridized carbons (Fsp3) is 0.444. The molecule has 1 fully saturated rings. The first-order chi connectivity index (χ1) is 13.0. The van der Waals surface area contributed by atoms with Crippen LogP contribution >= 0.6 is 0 Å². The smallest absolute Gasteiger partial charge is 0.224 e. The van der Waals surface area contributed by atoms with Crippen LogP contribution in [0.5, 0.6) is 11.5 Å². The van der Waals surface area contributed by atoms with Gasteiger partial charge in [0.25, 0.3) is 0 Å². The Hall–Kier alpha value is -2.55. The van der Waals surface area contributed by atoms with Crippen LogP contribution in [0.3, 0.4) is 0 Å². The van der Waals surface area contributed by atoms with E-state index in [1.807, 2.05) is 18.2 Å². The van der Waals surface area contributed by atoms with E-state index in [9.17, 15) is 8.42 Å². The van der Waals surface area contributed by atoms with E-state index in [0.29, 0.717) is 36.2 Å². The van der Waals surface area contributed by atoms with E-state index >= 15 is 0 Å². The Morgan fingerprint density at radius 3 is 2.70 bits per heavy atom. The predicted octanol–water partition coefficient (Wildman–Crippen LogP) is 1.75. The molecule has 1 aromatic carbocycles. The third-order valence-electron chi connectivity index (χ3n) is 4.38. The van der Waals surface area contributed by atoms with Crippen LogP contribution in [0.4, 0.5) is 11.8 Å². The number of ether oxygens (including phenoxy) is 2. The van der Waals surface area contributed by atoms with Gasteiger partial charge in [0.15, 0.2) is 21.3 Å². The quantitative estimate of drug-likeness (QED) is 0.700. The van der Waals surface area contributed by atoms with Crippen LogP contribution in [0.1, 0.15) is 12.0 Å². The number of rotatable bonds is 8. The molecule has 0 radical (unpaired) electrons. The van der Waals surface area contributed by atoms with Gasteiger partial charge in [0.05, 0.1) is 25.7 Å². The molecule has 0 bridgehead atoms. The molecule has 9 heteroatoms. The summed E-state index contributed by atoms with van der Waals surface area (Å²) in [4.78, 5) is 8.61. The third-order valence-corrected chi connectivity index (χ3v) is 6.15. The minimum absolute atomic E-state index is 0.0930. The number of hydrogen-bond donors (Lipinski definition) is 2. The summed E-state index contributed by atoms with van der Waals surface area (Å²) in [6, 6.07) is 7.46. The molecule has 1 saturated heterocycles. The number of nitrogens with one attached hydrogen (secondary N) is 2.